The van der Waals surface area contributed by atoms with Crippen LogP contribution >= 0.6 is 0 Å². The molecule has 0 saturated carbocycles. The van der Waals surface area contributed by atoms with Gasteiger partial charge in [-0.1, -0.05) is 12.1 Å². The van der Waals surface area contributed by atoms with E-state index in [0.717, 1.165) is 0 Å². The normalized spacial score (nSPS) is 15.1. The molecule has 24 heavy (non-hydrogen) atoms. The van der Waals surface area contributed by atoms with Crippen molar-refractivity contribution in [1.82, 2.24) is 0 Å². The van der Waals surface area contributed by atoms with Gasteiger partial charge in [-0.3, -0.25) is 10.1 Å². The Hall–Kier alpha value is -3.48. The molecule has 0 amide bonds. The summed E-state index contributed by atoms with van der Waals surface area (Å²) in [4.78, 5) is 26.3. The molecule has 2 aromatic carbocycles. The lowest BCUT2D eigenvalue weighted by molar-refractivity contribution is -0.384. The molecule has 1 heterocycles. The highest BCUT2D eigenvalue weighted by molar-refractivity contribution is 6.13. The van der Waals surface area contributed by atoms with Gasteiger partial charge >= 0.3 is 5.97 Å². The smallest absolute Gasteiger partial charge is 0.363 e. The predicted molar refractivity (Wildman–Crippen MR) is 86.7 cm³/mol. The molecule has 3 rings (SSSR count). The second-order valence-electron chi connectivity index (χ2n) is 4.88. The summed E-state index contributed by atoms with van der Waals surface area (Å²) in [5, 5.41) is 10.7. The number of non-ortho nitro benzene ring substituents is 1. The molecule has 120 valence electrons. The summed E-state index contributed by atoms with van der Waals surface area (Å²) in [6.45, 7) is 0. The second kappa shape index (κ2) is 6.33. The molecule has 0 fully saturated rings. The monoisotopic (exact) mass is 324 g/mol. The van der Waals surface area contributed by atoms with Gasteiger partial charge in [0, 0.05) is 12.1 Å². The van der Waals surface area contributed by atoms with Gasteiger partial charge in [0.25, 0.3) is 5.69 Å². The molecular weight excluding hydrogens is 312 g/mol. The SMILES string of the molecule is COc1ccccc1C1=N/C(=C/c2ccc([N+](=O)[O-])cc2)C(=O)O1. The van der Waals surface area contributed by atoms with Crippen molar-refractivity contribution in [3.63, 3.8) is 0 Å². The highest BCUT2D eigenvalue weighted by atomic mass is 16.6. The van der Waals surface area contributed by atoms with E-state index < -0.39 is 10.9 Å². The molecule has 0 aliphatic carbocycles. The Morgan fingerprint density at radius 1 is 1.17 bits per heavy atom. The van der Waals surface area contributed by atoms with Gasteiger partial charge in [-0.25, -0.2) is 9.79 Å². The van der Waals surface area contributed by atoms with Crippen LogP contribution in [0.1, 0.15) is 11.1 Å². The lowest BCUT2D eigenvalue weighted by atomic mass is 10.2. The average molecular weight is 324 g/mol. The minimum atomic E-state index is -0.589. The van der Waals surface area contributed by atoms with E-state index in [9.17, 15) is 14.9 Å². The van der Waals surface area contributed by atoms with Gasteiger partial charge in [0.05, 0.1) is 17.6 Å². The van der Waals surface area contributed by atoms with Crippen LogP contribution in [-0.4, -0.2) is 23.9 Å². The summed E-state index contributed by atoms with van der Waals surface area (Å²) in [7, 11) is 1.52. The molecule has 1 aliphatic heterocycles. The Morgan fingerprint density at radius 2 is 1.88 bits per heavy atom. The Bertz CT molecular complexity index is 869. The number of benzene rings is 2. The van der Waals surface area contributed by atoms with Crippen LogP contribution in [-0.2, 0) is 9.53 Å². The third kappa shape index (κ3) is 3.00. The fourth-order valence-electron chi connectivity index (χ4n) is 2.20. The van der Waals surface area contributed by atoms with Crippen molar-refractivity contribution in [2.75, 3.05) is 7.11 Å². The summed E-state index contributed by atoms with van der Waals surface area (Å²) >= 11 is 0. The number of ether oxygens (including phenoxy) is 2. The number of carbonyl (C=O) groups excluding carboxylic acids is 1. The molecule has 0 bridgehead atoms. The Morgan fingerprint density at radius 3 is 2.54 bits per heavy atom. The zero-order valence-electron chi connectivity index (χ0n) is 12.6. The first-order chi connectivity index (χ1) is 11.6. The number of esters is 1. The first kappa shape index (κ1) is 15.4. The van der Waals surface area contributed by atoms with Crippen LogP contribution in [0.15, 0.2) is 59.2 Å². The predicted octanol–water partition coefficient (Wildman–Crippen LogP) is 2.95. The zero-order valence-corrected chi connectivity index (χ0v) is 12.6. The maximum absolute atomic E-state index is 12.0. The number of nitro groups is 1. The molecule has 0 aromatic heterocycles. The largest absolute Gasteiger partial charge is 0.496 e. The molecule has 0 unspecified atom stereocenters. The number of aliphatic imine (C=N–C) groups is 1. The third-order valence-electron chi connectivity index (χ3n) is 3.37. The number of hydrogen-bond donors (Lipinski definition) is 0. The Kier molecular flexibility index (Phi) is 4.07. The molecule has 0 saturated heterocycles. The first-order valence-electron chi connectivity index (χ1n) is 6.99. The standard InChI is InChI=1S/C17H12N2O5/c1-23-15-5-3-2-4-13(15)16-18-14(17(20)24-16)10-11-6-8-12(9-7-11)19(21)22/h2-10H,1H3/b14-10+. The van der Waals surface area contributed by atoms with Gasteiger partial charge < -0.3 is 9.47 Å². The van der Waals surface area contributed by atoms with Crippen LogP contribution in [0.2, 0.25) is 0 Å². The lowest BCUT2D eigenvalue weighted by Gasteiger charge is -2.05. The van der Waals surface area contributed by atoms with E-state index in [-0.39, 0.29) is 17.3 Å². The number of nitro benzene ring substituents is 1. The summed E-state index contributed by atoms with van der Waals surface area (Å²) < 4.78 is 10.4. The van der Waals surface area contributed by atoms with Crippen molar-refractivity contribution >= 4 is 23.6 Å². The molecule has 0 radical (unpaired) electrons. The third-order valence-corrected chi connectivity index (χ3v) is 3.37. The van der Waals surface area contributed by atoms with Crippen molar-refractivity contribution in [3.8, 4) is 5.75 Å². The van der Waals surface area contributed by atoms with Crippen LogP contribution in [0.5, 0.6) is 5.75 Å². The molecule has 2 aromatic rings. The number of carbonyl (C=O) groups is 1. The van der Waals surface area contributed by atoms with Crippen LogP contribution in [0.3, 0.4) is 0 Å². The van der Waals surface area contributed by atoms with Crippen molar-refractivity contribution < 1.29 is 19.2 Å². The number of nitrogens with zero attached hydrogens (tertiary/aromatic N) is 2. The number of rotatable bonds is 4. The number of methoxy groups -OCH3 is 1. The maximum Gasteiger partial charge on any atom is 0.363 e. The van der Waals surface area contributed by atoms with Gasteiger partial charge in [-0.2, -0.15) is 0 Å². The van der Waals surface area contributed by atoms with Gasteiger partial charge in [-0.05, 0) is 35.9 Å². The van der Waals surface area contributed by atoms with Gasteiger partial charge in [0.1, 0.15) is 5.75 Å². The van der Waals surface area contributed by atoms with Crippen LogP contribution in [0.4, 0.5) is 5.69 Å². The van der Waals surface area contributed by atoms with Gasteiger partial charge in [-0.15, -0.1) is 0 Å². The van der Waals surface area contributed by atoms with Gasteiger partial charge in [0.2, 0.25) is 5.90 Å². The Balaban J connectivity index is 1.92. The van der Waals surface area contributed by atoms with E-state index in [4.69, 9.17) is 9.47 Å². The average Bonchev–Trinajstić information content (AvgIpc) is 2.96. The quantitative estimate of drug-likeness (QED) is 0.373. The fraction of sp³-hybridized carbons (Fsp3) is 0.0588. The van der Waals surface area contributed by atoms with Gasteiger partial charge in [0.15, 0.2) is 5.70 Å². The molecule has 0 N–H and O–H groups in total. The summed E-state index contributed by atoms with van der Waals surface area (Å²) in [5.41, 5.74) is 1.27. The molecule has 1 aliphatic rings. The molecule has 7 nitrogen and oxygen atoms in total. The van der Waals surface area contributed by atoms with Crippen LogP contribution in [0, 0.1) is 10.1 Å². The highest BCUT2D eigenvalue weighted by Gasteiger charge is 2.26. The van der Waals surface area contributed by atoms with E-state index >= 15 is 0 Å². The summed E-state index contributed by atoms with van der Waals surface area (Å²) in [5.74, 6) is 0.112. The number of hydrogen-bond acceptors (Lipinski definition) is 6. The highest BCUT2D eigenvalue weighted by Crippen LogP contribution is 2.25. The molecule has 0 spiro atoms. The summed E-state index contributed by atoms with van der Waals surface area (Å²) in [6.07, 6.45) is 1.51. The molecular formula is C17H12N2O5. The van der Waals surface area contributed by atoms with Crippen molar-refractivity contribution in [3.05, 3.63) is 75.5 Å². The van der Waals surface area contributed by atoms with Crippen LogP contribution in [0.25, 0.3) is 6.08 Å². The van der Waals surface area contributed by atoms with E-state index in [0.29, 0.717) is 16.9 Å². The zero-order chi connectivity index (χ0) is 17.1. The Labute approximate surface area is 137 Å². The maximum atomic E-state index is 12.0. The topological polar surface area (TPSA) is 91.0 Å². The first-order valence-corrected chi connectivity index (χ1v) is 6.99. The fourth-order valence-corrected chi connectivity index (χ4v) is 2.20. The van der Waals surface area contributed by atoms with E-state index in [1.54, 1.807) is 24.3 Å². The second-order valence-corrected chi connectivity index (χ2v) is 4.88. The van der Waals surface area contributed by atoms with Crippen molar-refractivity contribution in [2.24, 2.45) is 4.99 Å². The van der Waals surface area contributed by atoms with E-state index in [2.05, 4.69) is 4.99 Å². The minimum Gasteiger partial charge on any atom is -0.496 e. The van der Waals surface area contributed by atoms with E-state index in [1.165, 1.54) is 37.5 Å². The molecule has 0 atom stereocenters. The van der Waals surface area contributed by atoms with Crippen molar-refractivity contribution in [2.45, 2.75) is 0 Å². The number of cyclic esters (lactones) is 1. The minimum absolute atomic E-state index is 0.0237. The van der Waals surface area contributed by atoms with E-state index in [1.807, 2.05) is 0 Å². The van der Waals surface area contributed by atoms with Crippen molar-refractivity contribution in [1.29, 1.82) is 0 Å². The number of para-hydroxylation sites is 1. The summed E-state index contributed by atoms with van der Waals surface area (Å²) in [6, 6.07) is 12.8. The molecule has 7 heteroatoms. The van der Waals surface area contributed by atoms with Crippen LogP contribution < -0.4 is 4.74 Å². The lowest BCUT2D eigenvalue weighted by Crippen LogP contribution is -2.06.